The fraction of sp³-hybridized carbons (Fsp3) is 0.190. The highest BCUT2D eigenvalue weighted by Gasteiger charge is 2.27. The van der Waals surface area contributed by atoms with Gasteiger partial charge in [0.05, 0.1) is 11.3 Å². The predicted octanol–water partition coefficient (Wildman–Crippen LogP) is 4.99. The maximum Gasteiger partial charge on any atom is 0.294 e. The van der Waals surface area contributed by atoms with E-state index in [0.717, 1.165) is 24.1 Å². The predicted molar refractivity (Wildman–Crippen MR) is 95.3 cm³/mol. The number of carbonyl (C=O) groups excluding carboxylic acids is 1. The van der Waals surface area contributed by atoms with Gasteiger partial charge in [0.15, 0.2) is 5.76 Å². The van der Waals surface area contributed by atoms with Gasteiger partial charge in [-0.1, -0.05) is 30.3 Å². The third kappa shape index (κ3) is 2.74. The molecule has 126 valence electrons. The zero-order valence-electron chi connectivity index (χ0n) is 14.0. The van der Waals surface area contributed by atoms with E-state index >= 15 is 0 Å². The largest absolute Gasteiger partial charge is 0.451 e. The molecule has 1 amide bonds. The van der Waals surface area contributed by atoms with Crippen LogP contribution in [0.5, 0.6) is 0 Å². The highest BCUT2D eigenvalue weighted by atomic mass is 19.1. The first-order chi connectivity index (χ1) is 12.1. The van der Waals surface area contributed by atoms with E-state index in [4.69, 9.17) is 4.42 Å². The molecule has 1 aliphatic heterocycles. The molecule has 0 N–H and O–H groups in total. The minimum Gasteiger partial charge on any atom is -0.451 e. The van der Waals surface area contributed by atoms with E-state index in [-0.39, 0.29) is 17.5 Å². The molecule has 2 aromatic carbocycles. The maximum absolute atomic E-state index is 13.9. The summed E-state index contributed by atoms with van der Waals surface area (Å²) in [5, 5.41) is 0. The first-order valence-electron chi connectivity index (χ1n) is 8.40. The number of rotatable bonds is 2. The fourth-order valence-corrected chi connectivity index (χ4v) is 3.44. The summed E-state index contributed by atoms with van der Waals surface area (Å²) < 4.78 is 19.6. The van der Waals surface area contributed by atoms with Gasteiger partial charge in [0.25, 0.3) is 5.91 Å². The smallest absolute Gasteiger partial charge is 0.294 e. The van der Waals surface area contributed by atoms with E-state index in [1.54, 1.807) is 35.2 Å². The van der Waals surface area contributed by atoms with Gasteiger partial charge in [-0.15, -0.1) is 0 Å². The Morgan fingerprint density at radius 1 is 1.08 bits per heavy atom. The van der Waals surface area contributed by atoms with E-state index < -0.39 is 0 Å². The Hall–Kier alpha value is -2.88. The number of benzene rings is 2. The zero-order valence-corrected chi connectivity index (χ0v) is 14.0. The van der Waals surface area contributed by atoms with Gasteiger partial charge in [0.2, 0.25) is 0 Å². The van der Waals surface area contributed by atoms with Crippen molar-refractivity contribution >= 4 is 11.6 Å². The van der Waals surface area contributed by atoms with Gasteiger partial charge < -0.3 is 9.32 Å². The summed E-state index contributed by atoms with van der Waals surface area (Å²) in [6, 6.07) is 15.8. The number of aryl methyl sites for hydroxylation is 2. The van der Waals surface area contributed by atoms with Crippen LogP contribution in [0.1, 0.15) is 28.1 Å². The van der Waals surface area contributed by atoms with Crippen LogP contribution < -0.4 is 4.90 Å². The molecule has 0 aliphatic carbocycles. The number of hydrogen-bond donors (Lipinski definition) is 0. The van der Waals surface area contributed by atoms with E-state index in [9.17, 15) is 9.18 Å². The van der Waals surface area contributed by atoms with E-state index in [1.165, 1.54) is 11.6 Å². The summed E-state index contributed by atoms with van der Waals surface area (Å²) in [5.74, 6) is 0.0469. The average molecular weight is 335 g/mol. The van der Waals surface area contributed by atoms with Gasteiger partial charge in [0.1, 0.15) is 11.6 Å². The molecule has 3 aromatic rings. The Morgan fingerprint density at radius 2 is 1.92 bits per heavy atom. The van der Waals surface area contributed by atoms with Crippen molar-refractivity contribution in [3.05, 3.63) is 77.3 Å². The molecule has 0 atom stereocenters. The van der Waals surface area contributed by atoms with Crippen molar-refractivity contribution < 1.29 is 13.6 Å². The van der Waals surface area contributed by atoms with Crippen LogP contribution in [0.3, 0.4) is 0 Å². The van der Waals surface area contributed by atoms with Crippen molar-refractivity contribution in [1.29, 1.82) is 0 Å². The summed E-state index contributed by atoms with van der Waals surface area (Å²) in [7, 11) is 0. The number of para-hydroxylation sites is 1. The lowest BCUT2D eigenvalue weighted by molar-refractivity contribution is 0.0959. The Kier molecular flexibility index (Phi) is 3.88. The van der Waals surface area contributed by atoms with Crippen LogP contribution >= 0.6 is 0 Å². The highest BCUT2D eigenvalue weighted by molar-refractivity contribution is 6.05. The van der Waals surface area contributed by atoms with Crippen molar-refractivity contribution in [1.82, 2.24) is 0 Å². The molecule has 25 heavy (non-hydrogen) atoms. The van der Waals surface area contributed by atoms with Crippen LogP contribution in [0.4, 0.5) is 10.1 Å². The van der Waals surface area contributed by atoms with Gasteiger partial charge in [-0.3, -0.25) is 4.79 Å². The van der Waals surface area contributed by atoms with E-state index in [0.29, 0.717) is 17.9 Å². The molecule has 0 radical (unpaired) electrons. The van der Waals surface area contributed by atoms with Gasteiger partial charge >= 0.3 is 0 Å². The molecule has 0 spiro atoms. The van der Waals surface area contributed by atoms with Crippen LogP contribution in [0.15, 0.2) is 59.0 Å². The van der Waals surface area contributed by atoms with Gasteiger partial charge in [0, 0.05) is 6.54 Å². The lowest BCUT2D eigenvalue weighted by atomic mass is 9.98. The van der Waals surface area contributed by atoms with Crippen LogP contribution in [0.25, 0.3) is 11.3 Å². The first kappa shape index (κ1) is 15.6. The normalized spacial score (nSPS) is 13.6. The highest BCUT2D eigenvalue weighted by Crippen LogP contribution is 2.32. The summed E-state index contributed by atoms with van der Waals surface area (Å²) in [6.45, 7) is 2.67. The molecule has 3 nitrogen and oxygen atoms in total. The van der Waals surface area contributed by atoms with E-state index in [1.807, 2.05) is 19.1 Å². The molecular formula is C21H18FNO2. The lowest BCUT2D eigenvalue weighted by Crippen LogP contribution is -2.35. The summed E-state index contributed by atoms with van der Waals surface area (Å²) in [6.07, 6.45) is 1.89. The molecule has 0 fully saturated rings. The van der Waals surface area contributed by atoms with Crippen molar-refractivity contribution in [2.24, 2.45) is 0 Å². The number of nitrogens with zero attached hydrogens (tertiary/aromatic N) is 1. The van der Waals surface area contributed by atoms with Gasteiger partial charge in [-0.25, -0.2) is 4.39 Å². The average Bonchev–Trinajstić information content (AvgIpc) is 3.11. The number of furan rings is 1. The number of fused-ring (bicyclic) bond motifs is 1. The Bertz CT molecular complexity index is 945. The Labute approximate surface area is 145 Å². The quantitative estimate of drug-likeness (QED) is 0.661. The number of hydrogen-bond acceptors (Lipinski definition) is 2. The fourth-order valence-electron chi connectivity index (χ4n) is 3.44. The zero-order chi connectivity index (χ0) is 17.4. The molecule has 0 bridgehead atoms. The van der Waals surface area contributed by atoms with Crippen LogP contribution in [0.2, 0.25) is 0 Å². The monoisotopic (exact) mass is 335 g/mol. The third-order valence-electron chi connectivity index (χ3n) is 4.62. The maximum atomic E-state index is 13.9. The number of anilines is 1. The number of halogens is 1. The van der Waals surface area contributed by atoms with Crippen molar-refractivity contribution in [2.45, 2.75) is 19.8 Å². The second kappa shape index (κ2) is 6.20. The SMILES string of the molecule is Cc1cccc2c1N(C(=O)c1ccc(-c3ccccc3F)o1)CCC2. The molecule has 1 aliphatic rings. The van der Waals surface area contributed by atoms with Crippen LogP contribution in [0, 0.1) is 12.7 Å². The third-order valence-corrected chi connectivity index (χ3v) is 4.62. The molecule has 4 rings (SSSR count). The van der Waals surface area contributed by atoms with Crippen molar-refractivity contribution in [3.63, 3.8) is 0 Å². The molecule has 0 saturated heterocycles. The molecule has 0 saturated carbocycles. The molecular weight excluding hydrogens is 317 g/mol. The van der Waals surface area contributed by atoms with Gasteiger partial charge in [-0.2, -0.15) is 0 Å². The second-order valence-electron chi connectivity index (χ2n) is 6.29. The lowest BCUT2D eigenvalue weighted by Gasteiger charge is -2.30. The second-order valence-corrected chi connectivity index (χ2v) is 6.29. The summed E-state index contributed by atoms with van der Waals surface area (Å²) in [5.41, 5.74) is 3.59. The summed E-state index contributed by atoms with van der Waals surface area (Å²) in [4.78, 5) is 14.8. The first-order valence-corrected chi connectivity index (χ1v) is 8.40. The van der Waals surface area contributed by atoms with E-state index in [2.05, 4.69) is 6.07 Å². The molecule has 1 aromatic heterocycles. The van der Waals surface area contributed by atoms with Crippen LogP contribution in [-0.4, -0.2) is 12.5 Å². The minimum atomic E-state index is -0.366. The molecule has 0 unspecified atom stereocenters. The van der Waals surface area contributed by atoms with Crippen LogP contribution in [-0.2, 0) is 6.42 Å². The minimum absolute atomic E-state index is 0.183. The van der Waals surface area contributed by atoms with Crippen molar-refractivity contribution in [2.75, 3.05) is 11.4 Å². The topological polar surface area (TPSA) is 33.5 Å². The summed E-state index contributed by atoms with van der Waals surface area (Å²) >= 11 is 0. The van der Waals surface area contributed by atoms with Gasteiger partial charge in [-0.05, 0) is 55.2 Å². The molecule has 2 heterocycles. The molecule has 4 heteroatoms. The Morgan fingerprint density at radius 3 is 2.76 bits per heavy atom. The Balaban J connectivity index is 1.69. The number of carbonyl (C=O) groups is 1. The van der Waals surface area contributed by atoms with Crippen molar-refractivity contribution in [3.8, 4) is 11.3 Å². The number of amides is 1. The standard InChI is InChI=1S/C21H18FNO2/c1-14-6-4-7-15-8-5-13-23(20(14)15)21(24)19-12-11-18(25-19)16-9-2-3-10-17(16)22/h2-4,6-7,9-12H,5,8,13H2,1H3.